The Morgan fingerprint density at radius 3 is 2.76 bits per heavy atom. The minimum atomic E-state index is -0.478. The fourth-order valence-electron chi connectivity index (χ4n) is 2.44. The minimum Gasteiger partial charge on any atom is -0.481 e. The second-order valence-corrected chi connectivity index (χ2v) is 6.24. The van der Waals surface area contributed by atoms with Gasteiger partial charge in [0.15, 0.2) is 6.10 Å². The van der Waals surface area contributed by atoms with E-state index in [-0.39, 0.29) is 5.91 Å². The monoisotopic (exact) mass is 355 g/mol. The first-order valence-corrected chi connectivity index (χ1v) is 8.18. The first-order valence-electron chi connectivity index (χ1n) is 7.39. The number of carbonyl (C=O) groups excluding carboxylic acids is 1. The van der Waals surface area contributed by atoms with E-state index in [2.05, 4.69) is 15.9 Å². The summed E-state index contributed by atoms with van der Waals surface area (Å²) in [7, 11) is 0. The van der Waals surface area contributed by atoms with Gasteiger partial charge in [-0.05, 0) is 44.5 Å². The van der Waals surface area contributed by atoms with Crippen molar-refractivity contribution in [3.63, 3.8) is 0 Å². The van der Waals surface area contributed by atoms with Crippen LogP contribution in [0.5, 0.6) is 5.75 Å². The zero-order valence-corrected chi connectivity index (χ0v) is 14.1. The summed E-state index contributed by atoms with van der Waals surface area (Å²) in [6.07, 6.45) is 0.555. The van der Waals surface area contributed by atoms with Gasteiger partial charge in [0.2, 0.25) is 0 Å². The lowest BCUT2D eigenvalue weighted by Gasteiger charge is -2.27. The summed E-state index contributed by atoms with van der Waals surface area (Å²) >= 11 is 3.38. The number of carbonyl (C=O) groups is 1. The first kappa shape index (κ1) is 16.3. The highest BCUT2D eigenvalue weighted by Crippen LogP contribution is 2.19. The third kappa shape index (κ3) is 4.71. The predicted molar refractivity (Wildman–Crippen MR) is 85.4 cm³/mol. The van der Waals surface area contributed by atoms with Crippen molar-refractivity contribution in [2.45, 2.75) is 26.4 Å². The Kier molecular flexibility index (Phi) is 6.06. The topological polar surface area (TPSA) is 38.8 Å². The van der Waals surface area contributed by atoms with Crippen LogP contribution >= 0.6 is 15.9 Å². The highest BCUT2D eigenvalue weighted by Gasteiger charge is 2.25. The molecule has 1 aliphatic rings. The molecule has 5 heteroatoms. The molecule has 21 heavy (non-hydrogen) atoms. The molecule has 1 aromatic carbocycles. The minimum absolute atomic E-state index is 0.0346. The zero-order chi connectivity index (χ0) is 15.2. The van der Waals surface area contributed by atoms with Crippen LogP contribution in [0.3, 0.4) is 0 Å². The number of likely N-dealkylation sites (N-methyl/N-ethyl adjacent to an activating group) is 1. The predicted octanol–water partition coefficient (Wildman–Crippen LogP) is 3.10. The van der Waals surface area contributed by atoms with Crippen molar-refractivity contribution in [1.82, 2.24) is 4.90 Å². The molecule has 2 unspecified atom stereocenters. The Morgan fingerprint density at radius 2 is 2.19 bits per heavy atom. The van der Waals surface area contributed by atoms with E-state index in [1.54, 1.807) is 6.92 Å². The maximum Gasteiger partial charge on any atom is 0.263 e. The maximum absolute atomic E-state index is 12.5. The largest absolute Gasteiger partial charge is 0.481 e. The number of ether oxygens (including phenoxy) is 2. The van der Waals surface area contributed by atoms with Crippen molar-refractivity contribution in [3.05, 3.63) is 28.7 Å². The molecule has 0 aliphatic carbocycles. The Hall–Kier alpha value is -1.07. The van der Waals surface area contributed by atoms with Gasteiger partial charge in [0.05, 0.1) is 6.61 Å². The van der Waals surface area contributed by atoms with E-state index in [9.17, 15) is 4.79 Å². The van der Waals surface area contributed by atoms with Crippen LogP contribution in [0.4, 0.5) is 0 Å². The van der Waals surface area contributed by atoms with Crippen LogP contribution in [0, 0.1) is 5.92 Å². The molecular formula is C16H22BrNO3. The first-order chi connectivity index (χ1) is 10.1. The lowest BCUT2D eigenvalue weighted by atomic mass is 10.1. The van der Waals surface area contributed by atoms with E-state index in [0.717, 1.165) is 30.7 Å². The number of rotatable bonds is 6. The van der Waals surface area contributed by atoms with Gasteiger partial charge in [0.1, 0.15) is 5.75 Å². The van der Waals surface area contributed by atoms with Crippen LogP contribution < -0.4 is 4.74 Å². The molecule has 2 atom stereocenters. The second kappa shape index (κ2) is 7.80. The molecule has 0 bridgehead atoms. The van der Waals surface area contributed by atoms with Gasteiger partial charge in [0, 0.05) is 30.1 Å². The normalized spacial score (nSPS) is 19.3. The van der Waals surface area contributed by atoms with Gasteiger partial charge in [-0.15, -0.1) is 0 Å². The van der Waals surface area contributed by atoms with Crippen molar-refractivity contribution in [2.75, 3.05) is 26.3 Å². The Morgan fingerprint density at radius 1 is 1.48 bits per heavy atom. The SMILES string of the molecule is CCN(CC1CCOC1)C(=O)C(C)Oc1ccc(Br)cc1. The lowest BCUT2D eigenvalue weighted by molar-refractivity contribution is -0.138. The van der Waals surface area contributed by atoms with E-state index >= 15 is 0 Å². The molecule has 0 radical (unpaired) electrons. The summed E-state index contributed by atoms with van der Waals surface area (Å²) in [5, 5.41) is 0. The van der Waals surface area contributed by atoms with Crippen LogP contribution in [0.25, 0.3) is 0 Å². The van der Waals surface area contributed by atoms with Gasteiger partial charge in [0.25, 0.3) is 5.91 Å². The smallest absolute Gasteiger partial charge is 0.263 e. The van der Waals surface area contributed by atoms with Crippen molar-refractivity contribution in [3.8, 4) is 5.75 Å². The molecule has 0 aromatic heterocycles. The molecule has 1 aliphatic heterocycles. The van der Waals surface area contributed by atoms with E-state index in [4.69, 9.17) is 9.47 Å². The highest BCUT2D eigenvalue weighted by atomic mass is 79.9. The van der Waals surface area contributed by atoms with Gasteiger partial charge in [-0.3, -0.25) is 4.79 Å². The van der Waals surface area contributed by atoms with Crippen molar-refractivity contribution >= 4 is 21.8 Å². The van der Waals surface area contributed by atoms with E-state index in [0.29, 0.717) is 18.2 Å². The third-order valence-corrected chi connectivity index (χ3v) is 4.20. The number of amides is 1. The molecular weight excluding hydrogens is 334 g/mol. The van der Waals surface area contributed by atoms with Gasteiger partial charge < -0.3 is 14.4 Å². The number of hydrogen-bond acceptors (Lipinski definition) is 3. The highest BCUT2D eigenvalue weighted by molar-refractivity contribution is 9.10. The molecule has 1 amide bonds. The number of halogens is 1. The fraction of sp³-hybridized carbons (Fsp3) is 0.562. The third-order valence-electron chi connectivity index (χ3n) is 3.67. The van der Waals surface area contributed by atoms with Crippen LogP contribution in [-0.4, -0.2) is 43.2 Å². The molecule has 1 fully saturated rings. The molecule has 1 saturated heterocycles. The fourth-order valence-corrected chi connectivity index (χ4v) is 2.70. The second-order valence-electron chi connectivity index (χ2n) is 5.32. The molecule has 0 saturated carbocycles. The zero-order valence-electron chi connectivity index (χ0n) is 12.5. The molecule has 0 spiro atoms. The number of hydrogen-bond donors (Lipinski definition) is 0. The average molecular weight is 356 g/mol. The van der Waals surface area contributed by atoms with Gasteiger partial charge in [-0.1, -0.05) is 15.9 Å². The van der Waals surface area contributed by atoms with Crippen molar-refractivity contribution in [2.24, 2.45) is 5.92 Å². The summed E-state index contributed by atoms with van der Waals surface area (Å²) < 4.78 is 12.1. The van der Waals surface area contributed by atoms with Crippen LogP contribution in [0.15, 0.2) is 28.7 Å². The maximum atomic E-state index is 12.5. The molecule has 0 N–H and O–H groups in total. The molecule has 1 aromatic rings. The number of benzene rings is 1. The Balaban J connectivity index is 1.91. The van der Waals surface area contributed by atoms with Gasteiger partial charge >= 0.3 is 0 Å². The standard InChI is InChI=1S/C16H22BrNO3/c1-3-18(10-13-8-9-20-11-13)16(19)12(2)21-15-6-4-14(17)5-7-15/h4-7,12-13H,3,8-11H2,1-2H3. The van der Waals surface area contributed by atoms with Crippen LogP contribution in [0.2, 0.25) is 0 Å². The van der Waals surface area contributed by atoms with Crippen molar-refractivity contribution < 1.29 is 14.3 Å². The summed E-state index contributed by atoms with van der Waals surface area (Å²) in [5.41, 5.74) is 0. The molecule has 2 rings (SSSR count). The summed E-state index contributed by atoms with van der Waals surface area (Å²) in [6, 6.07) is 7.52. The van der Waals surface area contributed by atoms with E-state index in [1.165, 1.54) is 0 Å². The van der Waals surface area contributed by atoms with Gasteiger partial charge in [-0.2, -0.15) is 0 Å². The van der Waals surface area contributed by atoms with Gasteiger partial charge in [-0.25, -0.2) is 0 Å². The molecule has 1 heterocycles. The Labute approximate surface area is 134 Å². The van der Waals surface area contributed by atoms with Crippen LogP contribution in [-0.2, 0) is 9.53 Å². The van der Waals surface area contributed by atoms with E-state index < -0.39 is 6.10 Å². The summed E-state index contributed by atoms with van der Waals surface area (Å²) in [6.45, 7) is 6.82. The lowest BCUT2D eigenvalue weighted by Crippen LogP contribution is -2.42. The quantitative estimate of drug-likeness (QED) is 0.786. The average Bonchev–Trinajstić information content (AvgIpc) is 2.99. The van der Waals surface area contributed by atoms with Crippen LogP contribution in [0.1, 0.15) is 20.3 Å². The van der Waals surface area contributed by atoms with E-state index in [1.807, 2.05) is 36.1 Å². The number of nitrogens with zero attached hydrogens (tertiary/aromatic N) is 1. The van der Waals surface area contributed by atoms with Crippen molar-refractivity contribution in [1.29, 1.82) is 0 Å². The molecule has 116 valence electrons. The molecule has 4 nitrogen and oxygen atoms in total. The Bertz CT molecular complexity index is 457. The summed E-state index contributed by atoms with van der Waals surface area (Å²) in [4.78, 5) is 14.3. The summed E-state index contributed by atoms with van der Waals surface area (Å²) in [5.74, 6) is 1.19.